The lowest BCUT2D eigenvalue weighted by Gasteiger charge is -2.29. The van der Waals surface area contributed by atoms with Gasteiger partial charge in [-0.05, 0) is 45.8 Å². The van der Waals surface area contributed by atoms with E-state index in [9.17, 15) is 0 Å². The van der Waals surface area contributed by atoms with E-state index in [1.54, 1.807) is 0 Å². The Labute approximate surface area is 122 Å². The maximum absolute atomic E-state index is 5.99. The van der Waals surface area contributed by atoms with Crippen LogP contribution in [0.3, 0.4) is 0 Å². The van der Waals surface area contributed by atoms with Crippen LogP contribution in [0, 0.1) is 12.8 Å². The molecule has 1 aromatic rings. The Hall–Kier alpha value is -1.36. The molecule has 0 aliphatic carbocycles. The van der Waals surface area contributed by atoms with Crippen molar-refractivity contribution in [1.82, 2.24) is 14.9 Å². The highest BCUT2D eigenvalue weighted by atomic mass is 15.1. The standard InChI is InChI=1S/C15H27N5/c1-10(2)14-18-13(16)11(3)15(19-14)17-9-12-5-7-20(4)8-6-12/h10,12H,5-9H2,1-4H3,(H3,16,17,18,19). The summed E-state index contributed by atoms with van der Waals surface area (Å²) in [5.41, 5.74) is 6.95. The Morgan fingerprint density at radius 2 is 1.95 bits per heavy atom. The van der Waals surface area contributed by atoms with Crippen LogP contribution in [0.15, 0.2) is 0 Å². The predicted molar refractivity (Wildman–Crippen MR) is 84.0 cm³/mol. The minimum atomic E-state index is 0.293. The lowest BCUT2D eigenvalue weighted by atomic mass is 9.97. The first-order chi connectivity index (χ1) is 9.47. The van der Waals surface area contributed by atoms with Crippen LogP contribution in [0.5, 0.6) is 0 Å². The number of aromatic nitrogens is 2. The number of nitrogen functional groups attached to an aromatic ring is 1. The van der Waals surface area contributed by atoms with Crippen LogP contribution in [0.1, 0.15) is 44.0 Å². The van der Waals surface area contributed by atoms with Crippen molar-refractivity contribution in [3.05, 3.63) is 11.4 Å². The molecule has 1 fully saturated rings. The molecule has 5 heteroatoms. The lowest BCUT2D eigenvalue weighted by Crippen LogP contribution is -2.33. The van der Waals surface area contributed by atoms with E-state index >= 15 is 0 Å². The van der Waals surface area contributed by atoms with Gasteiger partial charge in [0.25, 0.3) is 0 Å². The largest absolute Gasteiger partial charge is 0.383 e. The van der Waals surface area contributed by atoms with E-state index < -0.39 is 0 Å². The number of nitrogens with one attached hydrogen (secondary N) is 1. The van der Waals surface area contributed by atoms with Gasteiger partial charge in [-0.2, -0.15) is 0 Å². The quantitative estimate of drug-likeness (QED) is 0.883. The van der Waals surface area contributed by atoms with Gasteiger partial charge in [0.05, 0.1) is 0 Å². The van der Waals surface area contributed by atoms with Crippen molar-refractivity contribution in [2.45, 2.75) is 39.5 Å². The average molecular weight is 277 g/mol. The summed E-state index contributed by atoms with van der Waals surface area (Å²) in [6, 6.07) is 0. The van der Waals surface area contributed by atoms with E-state index in [2.05, 4.69) is 41.1 Å². The number of nitrogens with zero attached hydrogens (tertiary/aromatic N) is 3. The average Bonchev–Trinajstić information content (AvgIpc) is 2.42. The van der Waals surface area contributed by atoms with Crippen LogP contribution < -0.4 is 11.1 Å². The maximum Gasteiger partial charge on any atom is 0.135 e. The van der Waals surface area contributed by atoms with Crippen molar-refractivity contribution in [2.75, 3.05) is 37.7 Å². The zero-order valence-electron chi connectivity index (χ0n) is 13.1. The first-order valence-corrected chi connectivity index (χ1v) is 7.53. The highest BCUT2D eigenvalue weighted by Crippen LogP contribution is 2.22. The van der Waals surface area contributed by atoms with Crippen LogP contribution in [0.25, 0.3) is 0 Å². The zero-order valence-corrected chi connectivity index (χ0v) is 13.1. The third-order valence-corrected chi connectivity index (χ3v) is 4.11. The summed E-state index contributed by atoms with van der Waals surface area (Å²) in [7, 11) is 2.19. The molecule has 0 radical (unpaired) electrons. The second-order valence-corrected chi connectivity index (χ2v) is 6.22. The van der Waals surface area contributed by atoms with Gasteiger partial charge in [0.1, 0.15) is 17.5 Å². The van der Waals surface area contributed by atoms with Crippen LogP contribution in [-0.4, -0.2) is 41.5 Å². The highest BCUT2D eigenvalue weighted by Gasteiger charge is 2.17. The molecule has 3 N–H and O–H groups in total. The van der Waals surface area contributed by atoms with Gasteiger partial charge in [0, 0.05) is 18.0 Å². The Morgan fingerprint density at radius 1 is 1.30 bits per heavy atom. The fourth-order valence-electron chi connectivity index (χ4n) is 2.49. The number of hydrogen-bond acceptors (Lipinski definition) is 5. The van der Waals surface area contributed by atoms with E-state index in [1.165, 1.54) is 25.9 Å². The van der Waals surface area contributed by atoms with Gasteiger partial charge in [-0.1, -0.05) is 13.8 Å². The van der Waals surface area contributed by atoms with E-state index in [4.69, 9.17) is 5.73 Å². The topological polar surface area (TPSA) is 67.1 Å². The fraction of sp³-hybridized carbons (Fsp3) is 0.733. The molecule has 1 saturated heterocycles. The van der Waals surface area contributed by atoms with Crippen LogP contribution in [-0.2, 0) is 0 Å². The second-order valence-electron chi connectivity index (χ2n) is 6.22. The molecule has 1 aliphatic rings. The van der Waals surface area contributed by atoms with Gasteiger partial charge >= 0.3 is 0 Å². The first kappa shape index (κ1) is 15.0. The fourth-order valence-corrected chi connectivity index (χ4v) is 2.49. The van der Waals surface area contributed by atoms with Crippen molar-refractivity contribution in [3.8, 4) is 0 Å². The Balaban J connectivity index is 2.01. The summed E-state index contributed by atoms with van der Waals surface area (Å²) < 4.78 is 0. The Bertz CT molecular complexity index is 450. The molecule has 0 aromatic carbocycles. The van der Waals surface area contributed by atoms with Crippen molar-refractivity contribution >= 4 is 11.6 Å². The molecule has 0 unspecified atom stereocenters. The number of likely N-dealkylation sites (tertiary alicyclic amines) is 1. The third-order valence-electron chi connectivity index (χ3n) is 4.11. The van der Waals surface area contributed by atoms with Crippen LogP contribution >= 0.6 is 0 Å². The summed E-state index contributed by atoms with van der Waals surface area (Å²) in [6.07, 6.45) is 2.50. The summed E-state index contributed by atoms with van der Waals surface area (Å²) >= 11 is 0. The number of hydrogen-bond donors (Lipinski definition) is 2. The van der Waals surface area contributed by atoms with E-state index in [1.807, 2.05) is 6.92 Å². The van der Waals surface area contributed by atoms with E-state index in [-0.39, 0.29) is 0 Å². The monoisotopic (exact) mass is 277 g/mol. The lowest BCUT2D eigenvalue weighted by molar-refractivity contribution is 0.226. The van der Waals surface area contributed by atoms with E-state index in [0.717, 1.165) is 29.7 Å². The molecule has 0 saturated carbocycles. The molecule has 0 amide bonds. The molecular weight excluding hydrogens is 250 g/mol. The normalized spacial score (nSPS) is 17.6. The molecule has 0 spiro atoms. The van der Waals surface area contributed by atoms with Crippen LogP contribution in [0.4, 0.5) is 11.6 Å². The van der Waals surface area contributed by atoms with Crippen molar-refractivity contribution in [2.24, 2.45) is 5.92 Å². The smallest absolute Gasteiger partial charge is 0.135 e. The molecule has 2 heterocycles. The number of nitrogens with two attached hydrogens (primary N) is 1. The van der Waals surface area contributed by atoms with Gasteiger partial charge in [-0.25, -0.2) is 9.97 Å². The Morgan fingerprint density at radius 3 is 2.55 bits per heavy atom. The summed E-state index contributed by atoms with van der Waals surface area (Å²) in [6.45, 7) is 9.51. The van der Waals surface area contributed by atoms with Crippen molar-refractivity contribution in [1.29, 1.82) is 0 Å². The van der Waals surface area contributed by atoms with Gasteiger partial charge in [-0.15, -0.1) is 0 Å². The molecule has 20 heavy (non-hydrogen) atoms. The zero-order chi connectivity index (χ0) is 14.7. The third kappa shape index (κ3) is 3.60. The summed E-state index contributed by atoms with van der Waals surface area (Å²) in [5.74, 6) is 3.33. The first-order valence-electron chi connectivity index (χ1n) is 7.53. The predicted octanol–water partition coefficient (Wildman–Crippen LogP) is 2.24. The van der Waals surface area contributed by atoms with Gasteiger partial charge in [0.15, 0.2) is 0 Å². The summed E-state index contributed by atoms with van der Waals surface area (Å²) in [5, 5.41) is 3.48. The number of rotatable bonds is 4. The van der Waals surface area contributed by atoms with Crippen molar-refractivity contribution in [3.63, 3.8) is 0 Å². The molecule has 2 rings (SSSR count). The molecule has 0 atom stereocenters. The molecule has 112 valence electrons. The van der Waals surface area contributed by atoms with E-state index in [0.29, 0.717) is 11.7 Å². The highest BCUT2D eigenvalue weighted by molar-refractivity contribution is 5.55. The summed E-state index contributed by atoms with van der Waals surface area (Å²) in [4.78, 5) is 11.4. The molecule has 0 bridgehead atoms. The number of piperidine rings is 1. The van der Waals surface area contributed by atoms with Gasteiger partial charge in [-0.3, -0.25) is 0 Å². The van der Waals surface area contributed by atoms with Crippen LogP contribution in [0.2, 0.25) is 0 Å². The second kappa shape index (κ2) is 6.39. The minimum absolute atomic E-state index is 0.293. The molecule has 1 aliphatic heterocycles. The minimum Gasteiger partial charge on any atom is -0.383 e. The van der Waals surface area contributed by atoms with Crippen molar-refractivity contribution < 1.29 is 0 Å². The number of anilines is 2. The van der Waals surface area contributed by atoms with Gasteiger partial charge < -0.3 is 16.0 Å². The maximum atomic E-state index is 5.99. The molecule has 1 aromatic heterocycles. The molecular formula is C15H27N5. The Kier molecular flexibility index (Phi) is 4.81. The SMILES string of the molecule is Cc1c(N)nc(C(C)C)nc1NCC1CCN(C)CC1. The molecule has 5 nitrogen and oxygen atoms in total. The van der Waals surface area contributed by atoms with Gasteiger partial charge in [0.2, 0.25) is 0 Å².